The third kappa shape index (κ3) is 3.77. The van der Waals surface area contributed by atoms with Gasteiger partial charge in [-0.1, -0.05) is 0 Å². The van der Waals surface area contributed by atoms with Crippen LogP contribution in [-0.2, 0) is 12.4 Å². The second kappa shape index (κ2) is 6.33. The van der Waals surface area contributed by atoms with Crippen molar-refractivity contribution >= 4 is 21.6 Å². The van der Waals surface area contributed by atoms with Crippen molar-refractivity contribution in [2.75, 3.05) is 37.6 Å². The fourth-order valence-corrected chi connectivity index (χ4v) is 4.67. The zero-order valence-corrected chi connectivity index (χ0v) is 14.9. The molecule has 0 N–H and O–H groups in total. The van der Waals surface area contributed by atoms with E-state index in [1.807, 2.05) is 0 Å². The van der Waals surface area contributed by atoms with Gasteiger partial charge in [-0.2, -0.15) is 26.3 Å². The van der Waals surface area contributed by atoms with Crippen LogP contribution in [0.4, 0.5) is 32.0 Å². The first-order chi connectivity index (χ1) is 11.5. The average Bonchev–Trinajstić information content (AvgIpc) is 2.86. The maximum Gasteiger partial charge on any atom is 0.416 e. The molecule has 0 amide bonds. The molecule has 2 heterocycles. The molecule has 1 spiro atoms. The lowest BCUT2D eigenvalue weighted by Gasteiger charge is -2.45. The predicted molar refractivity (Wildman–Crippen MR) is 85.5 cm³/mol. The fourth-order valence-electron chi connectivity index (χ4n) is 3.73. The molecular weight excluding hydrogens is 414 g/mol. The Bertz CT molecular complexity index is 602. The van der Waals surface area contributed by atoms with Crippen LogP contribution in [0.3, 0.4) is 0 Å². The molecule has 2 nitrogen and oxygen atoms in total. The van der Waals surface area contributed by atoms with Gasteiger partial charge in [0.2, 0.25) is 0 Å². The summed E-state index contributed by atoms with van der Waals surface area (Å²) in [7, 11) is 0. The minimum absolute atomic E-state index is 0.00896. The fraction of sp³-hybridized carbons (Fsp3) is 0.625. The van der Waals surface area contributed by atoms with Crippen LogP contribution in [0.2, 0.25) is 0 Å². The van der Waals surface area contributed by atoms with Crippen LogP contribution in [-0.4, -0.2) is 42.2 Å². The Morgan fingerprint density at radius 3 is 1.80 bits per heavy atom. The van der Waals surface area contributed by atoms with Gasteiger partial charge in [-0.25, -0.2) is 0 Å². The van der Waals surface area contributed by atoms with Crippen molar-refractivity contribution in [1.29, 1.82) is 0 Å². The molecule has 2 fully saturated rings. The van der Waals surface area contributed by atoms with Gasteiger partial charge in [-0.3, -0.25) is 0 Å². The van der Waals surface area contributed by atoms with Gasteiger partial charge >= 0.3 is 12.4 Å². The predicted octanol–water partition coefficient (Wildman–Crippen LogP) is 4.88. The van der Waals surface area contributed by atoms with Crippen molar-refractivity contribution < 1.29 is 30.8 Å². The van der Waals surface area contributed by atoms with Gasteiger partial charge in [-0.15, -0.1) is 0 Å². The highest BCUT2D eigenvalue weighted by molar-refractivity contribution is 9.09. The molecule has 2 aliphatic heterocycles. The lowest BCUT2D eigenvalue weighted by Crippen LogP contribution is -2.60. The average molecular weight is 432 g/mol. The molecule has 3 rings (SSSR count). The number of nitrogens with zero attached hydrogens (tertiary/aromatic N) is 2. The van der Waals surface area contributed by atoms with Crippen molar-refractivity contribution in [3.8, 4) is 0 Å². The van der Waals surface area contributed by atoms with E-state index in [4.69, 9.17) is 0 Å². The Kier molecular flexibility index (Phi) is 4.77. The highest BCUT2D eigenvalue weighted by Crippen LogP contribution is 2.39. The van der Waals surface area contributed by atoms with Crippen molar-refractivity contribution in [2.45, 2.75) is 30.1 Å². The first-order valence-electron chi connectivity index (χ1n) is 8.06. The summed E-state index contributed by atoms with van der Waals surface area (Å²) >= 11 is 3.66. The van der Waals surface area contributed by atoms with E-state index < -0.39 is 23.5 Å². The van der Waals surface area contributed by atoms with E-state index in [0.717, 1.165) is 36.0 Å². The zero-order chi connectivity index (χ0) is 18.5. The number of hydrogen-bond donors (Lipinski definition) is 0. The van der Waals surface area contributed by atoms with Crippen LogP contribution in [0, 0.1) is 0 Å². The zero-order valence-electron chi connectivity index (χ0n) is 13.3. The number of quaternary nitrogens is 1. The largest absolute Gasteiger partial charge is 0.416 e. The molecule has 1 unspecified atom stereocenters. The summed E-state index contributed by atoms with van der Waals surface area (Å²) in [6.07, 6.45) is -7.50. The summed E-state index contributed by atoms with van der Waals surface area (Å²) in [5.41, 5.74) is -2.53. The number of rotatable bonds is 1. The highest BCUT2D eigenvalue weighted by atomic mass is 79.9. The van der Waals surface area contributed by atoms with Crippen LogP contribution >= 0.6 is 15.9 Å². The molecule has 0 saturated carbocycles. The Hall–Kier alpha value is -0.960. The number of alkyl halides is 7. The smallest absolute Gasteiger partial charge is 0.360 e. The molecule has 1 atom stereocenters. The van der Waals surface area contributed by atoms with Gasteiger partial charge in [0, 0.05) is 18.5 Å². The Balaban J connectivity index is 1.87. The lowest BCUT2D eigenvalue weighted by molar-refractivity contribution is -0.925. The Morgan fingerprint density at radius 2 is 1.40 bits per heavy atom. The molecule has 9 heteroatoms. The summed E-state index contributed by atoms with van der Waals surface area (Å²) in [6, 6.07) is 1.82. The monoisotopic (exact) mass is 431 g/mol. The van der Waals surface area contributed by atoms with E-state index >= 15 is 0 Å². The first-order valence-corrected chi connectivity index (χ1v) is 8.97. The van der Waals surface area contributed by atoms with Gasteiger partial charge in [0.1, 0.15) is 4.95 Å². The van der Waals surface area contributed by atoms with E-state index in [2.05, 4.69) is 15.9 Å². The molecule has 1 aromatic carbocycles. The molecule has 2 saturated heterocycles. The highest BCUT2D eigenvalue weighted by Gasteiger charge is 2.43. The van der Waals surface area contributed by atoms with Gasteiger partial charge in [0.25, 0.3) is 0 Å². The van der Waals surface area contributed by atoms with Gasteiger partial charge < -0.3 is 9.38 Å². The lowest BCUT2D eigenvalue weighted by atomic mass is 10.1. The Morgan fingerprint density at radius 1 is 0.880 bits per heavy atom. The van der Waals surface area contributed by atoms with Crippen LogP contribution in [0.1, 0.15) is 24.0 Å². The normalized spacial score (nSPS) is 24.1. The van der Waals surface area contributed by atoms with Crippen LogP contribution in [0.5, 0.6) is 0 Å². The van der Waals surface area contributed by atoms with E-state index in [-0.39, 0.29) is 11.8 Å². The van der Waals surface area contributed by atoms with Crippen LogP contribution in [0.15, 0.2) is 18.2 Å². The van der Waals surface area contributed by atoms with Crippen LogP contribution < -0.4 is 4.90 Å². The van der Waals surface area contributed by atoms with Crippen molar-refractivity contribution in [3.63, 3.8) is 0 Å². The quantitative estimate of drug-likeness (QED) is 0.265. The molecule has 2 aliphatic rings. The van der Waals surface area contributed by atoms with Gasteiger partial charge in [0.15, 0.2) is 0 Å². The maximum absolute atomic E-state index is 13.0. The number of halogens is 7. The third-order valence-electron chi connectivity index (χ3n) is 5.21. The summed E-state index contributed by atoms with van der Waals surface area (Å²) in [5.74, 6) is 0. The van der Waals surface area contributed by atoms with Crippen molar-refractivity contribution in [2.24, 2.45) is 0 Å². The second-order valence-corrected chi connectivity index (χ2v) is 7.77. The summed E-state index contributed by atoms with van der Waals surface area (Å²) in [4.78, 5) is 1.95. The first kappa shape index (κ1) is 18.8. The molecule has 0 aromatic heterocycles. The van der Waals surface area contributed by atoms with E-state index in [0.29, 0.717) is 31.1 Å². The number of benzene rings is 1. The number of hydrogen-bond acceptors (Lipinski definition) is 1. The maximum atomic E-state index is 13.0. The molecule has 140 valence electrons. The van der Waals surface area contributed by atoms with E-state index in [1.54, 1.807) is 4.90 Å². The summed E-state index contributed by atoms with van der Waals surface area (Å²) in [6.45, 7) is 3.32. The minimum Gasteiger partial charge on any atom is -0.360 e. The number of piperazine rings is 1. The van der Waals surface area contributed by atoms with E-state index in [1.165, 1.54) is 0 Å². The molecule has 0 aliphatic carbocycles. The molecular formula is C16H18BrF6N2+. The SMILES string of the molecule is FC(F)(F)c1cc(N2CC[N+]3(CCCC3Br)CC2)cc(C(F)(F)F)c1. The Labute approximate surface area is 150 Å². The topological polar surface area (TPSA) is 3.24 Å². The molecule has 0 bridgehead atoms. The van der Waals surface area contributed by atoms with Gasteiger partial charge in [0.05, 0.1) is 43.9 Å². The van der Waals surface area contributed by atoms with Gasteiger partial charge in [-0.05, 0) is 34.1 Å². The van der Waals surface area contributed by atoms with Crippen LogP contribution in [0.25, 0.3) is 0 Å². The van der Waals surface area contributed by atoms with Crippen molar-refractivity contribution in [1.82, 2.24) is 0 Å². The summed E-state index contributed by atoms with van der Waals surface area (Å²) in [5, 5.41) is 0. The molecule has 25 heavy (non-hydrogen) atoms. The van der Waals surface area contributed by atoms with E-state index in [9.17, 15) is 26.3 Å². The van der Waals surface area contributed by atoms with Crippen molar-refractivity contribution in [3.05, 3.63) is 29.3 Å². The summed E-state index contributed by atoms with van der Waals surface area (Å²) < 4.78 is 78.8. The third-order valence-corrected chi connectivity index (χ3v) is 6.53. The number of anilines is 1. The standard InChI is InChI=1S/C16H18BrF6N2/c17-14-2-1-5-25(14)6-3-24(4-7-25)13-9-11(15(18,19)20)8-12(10-13)16(21,22)23/h8-10,14H,1-7H2/q+1. The second-order valence-electron chi connectivity index (χ2n) is 6.72. The minimum atomic E-state index is -4.81. The molecule has 1 aromatic rings. The molecule has 0 radical (unpaired) electrons.